The maximum absolute atomic E-state index is 12.6. The number of pyridine rings is 1. The fourth-order valence-electron chi connectivity index (χ4n) is 2.44. The van der Waals surface area contributed by atoms with Gasteiger partial charge in [-0.05, 0) is 52.5 Å². The molecule has 1 aromatic heterocycles. The molecule has 0 saturated heterocycles. The molecule has 0 aliphatic heterocycles. The van der Waals surface area contributed by atoms with Gasteiger partial charge in [0, 0.05) is 6.07 Å². The van der Waals surface area contributed by atoms with Crippen LogP contribution in [0.4, 0.5) is 10.5 Å². The Bertz CT molecular complexity index is 606. The van der Waals surface area contributed by atoms with Gasteiger partial charge in [0.2, 0.25) is 11.8 Å². The number of hydrogen-bond donors (Lipinski definition) is 2. The summed E-state index contributed by atoms with van der Waals surface area (Å²) in [5, 5.41) is 5.49. The number of amides is 2. The van der Waals surface area contributed by atoms with Crippen molar-refractivity contribution in [2.24, 2.45) is 5.92 Å². The largest absolute Gasteiger partial charge is 0.478 e. The lowest BCUT2D eigenvalue weighted by atomic mass is 10.1. The standard InChI is InChI=1S/C19H29N3O4/c1-5-25-16-11-9-14(12-20-16)21-17(23)15(10-8-13-6-7-13)22-18(24)26-19(2,3)4/h9,11-13,15H,5-8,10H2,1-4H3,(H,21,23)(H,22,24). The summed E-state index contributed by atoms with van der Waals surface area (Å²) >= 11 is 0. The van der Waals surface area contributed by atoms with Gasteiger partial charge in [-0.25, -0.2) is 9.78 Å². The predicted octanol–water partition coefficient (Wildman–Crippen LogP) is 3.50. The van der Waals surface area contributed by atoms with Crippen molar-refractivity contribution in [2.45, 2.75) is 65.0 Å². The van der Waals surface area contributed by atoms with E-state index in [4.69, 9.17) is 9.47 Å². The Hall–Kier alpha value is -2.31. The third-order valence-electron chi connectivity index (χ3n) is 3.86. The van der Waals surface area contributed by atoms with Crippen molar-refractivity contribution < 1.29 is 19.1 Å². The van der Waals surface area contributed by atoms with Crippen LogP contribution in [-0.2, 0) is 9.53 Å². The molecule has 1 unspecified atom stereocenters. The maximum Gasteiger partial charge on any atom is 0.408 e. The zero-order valence-corrected chi connectivity index (χ0v) is 16.0. The molecule has 0 aromatic carbocycles. The van der Waals surface area contributed by atoms with Gasteiger partial charge in [-0.1, -0.05) is 12.8 Å². The molecule has 1 aliphatic rings. The molecule has 1 heterocycles. The molecule has 2 amide bonds. The van der Waals surface area contributed by atoms with Crippen LogP contribution in [0, 0.1) is 5.92 Å². The first kappa shape index (κ1) is 20.0. The number of carbonyl (C=O) groups is 2. The van der Waals surface area contributed by atoms with Crippen LogP contribution >= 0.6 is 0 Å². The predicted molar refractivity (Wildman–Crippen MR) is 99.2 cm³/mol. The average molecular weight is 363 g/mol. The average Bonchev–Trinajstić information content (AvgIpc) is 3.36. The van der Waals surface area contributed by atoms with Gasteiger partial charge in [0.25, 0.3) is 0 Å². The van der Waals surface area contributed by atoms with Gasteiger partial charge in [0.1, 0.15) is 11.6 Å². The highest BCUT2D eigenvalue weighted by Crippen LogP contribution is 2.34. The summed E-state index contributed by atoms with van der Waals surface area (Å²) in [5.74, 6) is 0.892. The van der Waals surface area contributed by atoms with E-state index >= 15 is 0 Å². The first-order valence-electron chi connectivity index (χ1n) is 9.16. The second kappa shape index (κ2) is 8.87. The van der Waals surface area contributed by atoms with Gasteiger partial charge < -0.3 is 20.1 Å². The Labute approximate surface area is 154 Å². The van der Waals surface area contributed by atoms with E-state index in [0.717, 1.165) is 6.42 Å². The first-order valence-corrected chi connectivity index (χ1v) is 9.16. The van der Waals surface area contributed by atoms with E-state index in [2.05, 4.69) is 15.6 Å². The lowest BCUT2D eigenvalue weighted by molar-refractivity contribution is -0.118. The van der Waals surface area contributed by atoms with Gasteiger partial charge in [-0.15, -0.1) is 0 Å². The molecule has 7 nitrogen and oxygen atoms in total. The highest BCUT2D eigenvalue weighted by atomic mass is 16.6. The summed E-state index contributed by atoms with van der Waals surface area (Å²) in [6.45, 7) is 7.78. The van der Waals surface area contributed by atoms with Gasteiger partial charge in [-0.2, -0.15) is 0 Å². The molecule has 0 spiro atoms. The molecule has 0 radical (unpaired) electrons. The molecule has 2 N–H and O–H groups in total. The van der Waals surface area contributed by atoms with E-state index in [1.807, 2.05) is 6.92 Å². The second-order valence-corrected chi connectivity index (χ2v) is 7.53. The minimum Gasteiger partial charge on any atom is -0.478 e. The van der Waals surface area contributed by atoms with Gasteiger partial charge in [0.15, 0.2) is 0 Å². The van der Waals surface area contributed by atoms with E-state index in [1.54, 1.807) is 32.9 Å². The van der Waals surface area contributed by atoms with E-state index in [9.17, 15) is 9.59 Å². The molecule has 1 aliphatic carbocycles. The molecule has 2 rings (SSSR count). The molecule has 0 bridgehead atoms. The molecule has 1 fully saturated rings. The monoisotopic (exact) mass is 363 g/mol. The van der Waals surface area contributed by atoms with Crippen LogP contribution in [0.5, 0.6) is 5.88 Å². The fourth-order valence-corrected chi connectivity index (χ4v) is 2.44. The number of nitrogens with one attached hydrogen (secondary N) is 2. The number of rotatable bonds is 8. The summed E-state index contributed by atoms with van der Waals surface area (Å²) < 4.78 is 10.6. The smallest absolute Gasteiger partial charge is 0.408 e. The second-order valence-electron chi connectivity index (χ2n) is 7.53. The van der Waals surface area contributed by atoms with Crippen molar-refractivity contribution >= 4 is 17.7 Å². The highest BCUT2D eigenvalue weighted by molar-refractivity contribution is 5.96. The molecule has 26 heavy (non-hydrogen) atoms. The molecule has 144 valence electrons. The van der Waals surface area contributed by atoms with Gasteiger partial charge in [0.05, 0.1) is 18.5 Å². The first-order chi connectivity index (χ1) is 12.3. The summed E-state index contributed by atoms with van der Waals surface area (Å²) in [7, 11) is 0. The summed E-state index contributed by atoms with van der Waals surface area (Å²) in [6.07, 6.45) is 4.84. The fraction of sp³-hybridized carbons (Fsp3) is 0.632. The van der Waals surface area contributed by atoms with Gasteiger partial charge >= 0.3 is 6.09 Å². The number of anilines is 1. The third kappa shape index (κ3) is 7.29. The zero-order chi connectivity index (χ0) is 19.2. The maximum atomic E-state index is 12.6. The lowest BCUT2D eigenvalue weighted by Crippen LogP contribution is -2.45. The van der Waals surface area contributed by atoms with Crippen LogP contribution in [-0.4, -0.2) is 35.2 Å². The number of nitrogens with zero attached hydrogens (tertiary/aromatic N) is 1. The SMILES string of the molecule is CCOc1ccc(NC(=O)C(CCC2CC2)NC(=O)OC(C)(C)C)cn1. The molecule has 1 aromatic rings. The minimum absolute atomic E-state index is 0.275. The molecular formula is C19H29N3O4. The number of ether oxygens (including phenoxy) is 2. The molecular weight excluding hydrogens is 334 g/mol. The van der Waals surface area contributed by atoms with Crippen molar-refractivity contribution in [3.63, 3.8) is 0 Å². The quantitative estimate of drug-likeness (QED) is 0.738. The summed E-state index contributed by atoms with van der Waals surface area (Å²) in [4.78, 5) is 28.8. The molecule has 7 heteroatoms. The van der Waals surface area contributed by atoms with Crippen molar-refractivity contribution in [3.8, 4) is 5.88 Å². The summed E-state index contributed by atoms with van der Waals surface area (Å²) in [5.41, 5.74) is -0.0541. The van der Waals surface area contributed by atoms with Crippen LogP contribution in [0.2, 0.25) is 0 Å². The molecule has 1 atom stereocenters. The highest BCUT2D eigenvalue weighted by Gasteiger charge is 2.28. The number of hydrogen-bond acceptors (Lipinski definition) is 5. The normalized spacial score (nSPS) is 15.1. The minimum atomic E-state index is -0.642. The number of alkyl carbamates (subject to hydrolysis) is 1. The van der Waals surface area contributed by atoms with Crippen molar-refractivity contribution in [3.05, 3.63) is 18.3 Å². The Morgan fingerprint density at radius 3 is 2.58 bits per heavy atom. The van der Waals surface area contributed by atoms with Gasteiger partial charge in [-0.3, -0.25) is 4.79 Å². The van der Waals surface area contributed by atoms with E-state index < -0.39 is 17.7 Å². The van der Waals surface area contributed by atoms with E-state index in [0.29, 0.717) is 30.5 Å². The number of aromatic nitrogens is 1. The lowest BCUT2D eigenvalue weighted by Gasteiger charge is -2.23. The summed E-state index contributed by atoms with van der Waals surface area (Å²) in [6, 6.07) is 2.78. The molecule has 1 saturated carbocycles. The topological polar surface area (TPSA) is 89.6 Å². The number of carbonyl (C=O) groups excluding carboxylic acids is 2. The Balaban J connectivity index is 1.95. The third-order valence-corrected chi connectivity index (χ3v) is 3.86. The van der Waals surface area contributed by atoms with Crippen LogP contribution in [0.3, 0.4) is 0 Å². The van der Waals surface area contributed by atoms with Crippen LogP contribution in [0.1, 0.15) is 53.4 Å². The van der Waals surface area contributed by atoms with Crippen molar-refractivity contribution in [1.82, 2.24) is 10.3 Å². The van der Waals surface area contributed by atoms with Crippen LogP contribution in [0.25, 0.3) is 0 Å². The van der Waals surface area contributed by atoms with E-state index in [1.165, 1.54) is 19.0 Å². The van der Waals surface area contributed by atoms with Crippen molar-refractivity contribution in [1.29, 1.82) is 0 Å². The van der Waals surface area contributed by atoms with E-state index in [-0.39, 0.29) is 5.91 Å². The van der Waals surface area contributed by atoms with Crippen LogP contribution < -0.4 is 15.4 Å². The Morgan fingerprint density at radius 1 is 1.31 bits per heavy atom. The van der Waals surface area contributed by atoms with Crippen LogP contribution in [0.15, 0.2) is 18.3 Å². The van der Waals surface area contributed by atoms with Crippen molar-refractivity contribution in [2.75, 3.05) is 11.9 Å². The Kier molecular flexibility index (Phi) is 6.83. The zero-order valence-electron chi connectivity index (χ0n) is 16.0. The Morgan fingerprint density at radius 2 is 2.04 bits per heavy atom.